The Kier molecular flexibility index (Phi) is 7.59. The summed E-state index contributed by atoms with van der Waals surface area (Å²) in [5.41, 5.74) is 2.18. The Morgan fingerprint density at radius 1 is 0.969 bits per heavy atom. The summed E-state index contributed by atoms with van der Waals surface area (Å²) in [5, 5.41) is 10.8. The maximum Gasteiger partial charge on any atom is 0.269 e. The number of nitro groups is 1. The molecule has 3 aromatic rings. The highest BCUT2D eigenvalue weighted by Gasteiger charge is 2.09. The van der Waals surface area contributed by atoms with E-state index < -0.39 is 4.92 Å². The summed E-state index contributed by atoms with van der Waals surface area (Å²) in [5.74, 6) is 1.66. The Labute approximate surface area is 186 Å². The number of nitrogens with zero attached hydrogens (tertiary/aromatic N) is 1. The fourth-order valence-corrected chi connectivity index (χ4v) is 2.91. The number of nitro benzene ring substituents is 1. The number of carbonyl (C=O) groups excluding carboxylic acids is 1. The lowest BCUT2D eigenvalue weighted by Crippen LogP contribution is -2.00. The van der Waals surface area contributed by atoms with Gasteiger partial charge in [-0.25, -0.2) is 0 Å². The van der Waals surface area contributed by atoms with Crippen molar-refractivity contribution >= 4 is 17.5 Å². The lowest BCUT2D eigenvalue weighted by Gasteiger charge is -2.12. The molecule has 7 heteroatoms. The van der Waals surface area contributed by atoms with Gasteiger partial charge in [-0.15, -0.1) is 0 Å². The number of benzene rings is 3. The van der Waals surface area contributed by atoms with Gasteiger partial charge in [0.2, 0.25) is 0 Å². The summed E-state index contributed by atoms with van der Waals surface area (Å²) >= 11 is 0. The monoisotopic (exact) mass is 433 g/mol. The molecule has 32 heavy (non-hydrogen) atoms. The molecule has 0 fully saturated rings. The van der Waals surface area contributed by atoms with Crippen LogP contribution in [0.15, 0.2) is 72.8 Å². The molecule has 0 bridgehead atoms. The molecule has 0 unspecified atom stereocenters. The van der Waals surface area contributed by atoms with Crippen molar-refractivity contribution in [2.75, 3.05) is 13.7 Å². The number of allylic oxidation sites excluding steroid dienone is 1. The van der Waals surface area contributed by atoms with Crippen LogP contribution in [0.4, 0.5) is 5.69 Å². The standard InChI is InChI=1S/C25H23NO6/c1-3-31-25-16-18(6-14-23(27)20-8-12-22(30-2)13-9-20)7-15-24(25)32-17-19-4-10-21(11-5-19)26(28)29/h4-16H,3,17H2,1-2H3/b14-6+. The minimum atomic E-state index is -0.441. The Balaban J connectivity index is 1.69. The Morgan fingerprint density at radius 2 is 1.69 bits per heavy atom. The molecular formula is C25H23NO6. The first-order chi connectivity index (χ1) is 15.5. The van der Waals surface area contributed by atoms with Crippen LogP contribution in [-0.4, -0.2) is 24.4 Å². The van der Waals surface area contributed by atoms with Gasteiger partial charge in [-0.3, -0.25) is 14.9 Å². The summed E-state index contributed by atoms with van der Waals surface area (Å²) < 4.78 is 16.6. The van der Waals surface area contributed by atoms with E-state index in [0.29, 0.717) is 29.4 Å². The molecule has 0 amide bonds. The molecule has 0 N–H and O–H groups in total. The summed E-state index contributed by atoms with van der Waals surface area (Å²) in [7, 11) is 1.58. The second-order valence-electron chi connectivity index (χ2n) is 6.78. The molecule has 0 saturated carbocycles. The number of hydrogen-bond donors (Lipinski definition) is 0. The fraction of sp³-hybridized carbons (Fsp3) is 0.160. The number of methoxy groups -OCH3 is 1. The molecule has 0 aliphatic rings. The highest BCUT2D eigenvalue weighted by Crippen LogP contribution is 2.30. The first-order valence-corrected chi connectivity index (χ1v) is 9.99. The van der Waals surface area contributed by atoms with E-state index in [4.69, 9.17) is 14.2 Å². The van der Waals surface area contributed by atoms with E-state index in [1.165, 1.54) is 18.2 Å². The zero-order chi connectivity index (χ0) is 22.9. The molecule has 3 rings (SSSR count). The molecule has 0 aliphatic heterocycles. The Bertz CT molecular complexity index is 1100. The van der Waals surface area contributed by atoms with E-state index in [1.54, 1.807) is 61.7 Å². The molecule has 0 atom stereocenters. The van der Waals surface area contributed by atoms with E-state index >= 15 is 0 Å². The molecule has 0 spiro atoms. The maximum atomic E-state index is 12.4. The molecule has 0 heterocycles. The number of carbonyl (C=O) groups is 1. The fourth-order valence-electron chi connectivity index (χ4n) is 2.91. The van der Waals surface area contributed by atoms with Crippen molar-refractivity contribution in [3.05, 3.63) is 99.6 Å². The van der Waals surface area contributed by atoms with Gasteiger partial charge in [0, 0.05) is 17.7 Å². The lowest BCUT2D eigenvalue weighted by atomic mass is 10.1. The molecular weight excluding hydrogens is 410 g/mol. The largest absolute Gasteiger partial charge is 0.497 e. The van der Waals surface area contributed by atoms with Gasteiger partial charge in [0.1, 0.15) is 12.4 Å². The van der Waals surface area contributed by atoms with Crippen LogP contribution < -0.4 is 14.2 Å². The number of hydrogen-bond acceptors (Lipinski definition) is 6. The van der Waals surface area contributed by atoms with Gasteiger partial charge >= 0.3 is 0 Å². The molecule has 0 aliphatic carbocycles. The van der Waals surface area contributed by atoms with Crippen molar-refractivity contribution in [2.24, 2.45) is 0 Å². The van der Waals surface area contributed by atoms with Crippen LogP contribution in [-0.2, 0) is 6.61 Å². The van der Waals surface area contributed by atoms with Gasteiger partial charge < -0.3 is 14.2 Å². The third-order valence-corrected chi connectivity index (χ3v) is 4.61. The van der Waals surface area contributed by atoms with Gasteiger partial charge in [-0.05, 0) is 72.7 Å². The SMILES string of the molecule is CCOc1cc(/C=C/C(=O)c2ccc(OC)cc2)ccc1OCc1ccc([N+](=O)[O-])cc1. The second-order valence-corrected chi connectivity index (χ2v) is 6.78. The van der Waals surface area contributed by atoms with Crippen LogP contribution in [0.2, 0.25) is 0 Å². The van der Waals surface area contributed by atoms with E-state index in [1.807, 2.05) is 13.0 Å². The van der Waals surface area contributed by atoms with E-state index in [9.17, 15) is 14.9 Å². The van der Waals surface area contributed by atoms with Gasteiger partial charge in [-0.2, -0.15) is 0 Å². The smallest absolute Gasteiger partial charge is 0.269 e. The first-order valence-electron chi connectivity index (χ1n) is 9.99. The second kappa shape index (κ2) is 10.8. The molecule has 0 saturated heterocycles. The molecule has 7 nitrogen and oxygen atoms in total. The van der Waals surface area contributed by atoms with Crippen LogP contribution in [0.1, 0.15) is 28.4 Å². The average molecular weight is 433 g/mol. The molecule has 0 aromatic heterocycles. The van der Waals surface area contributed by atoms with Crippen LogP contribution in [0, 0.1) is 10.1 Å². The van der Waals surface area contributed by atoms with Crippen molar-refractivity contribution in [1.29, 1.82) is 0 Å². The maximum absolute atomic E-state index is 12.4. The summed E-state index contributed by atoms with van der Waals surface area (Å²) in [4.78, 5) is 22.7. The van der Waals surface area contributed by atoms with Crippen molar-refractivity contribution in [1.82, 2.24) is 0 Å². The number of rotatable bonds is 10. The van der Waals surface area contributed by atoms with Crippen LogP contribution in [0.5, 0.6) is 17.2 Å². The van der Waals surface area contributed by atoms with Crippen LogP contribution in [0.3, 0.4) is 0 Å². The third kappa shape index (κ3) is 5.95. The first kappa shape index (κ1) is 22.6. The van der Waals surface area contributed by atoms with Crippen molar-refractivity contribution in [3.63, 3.8) is 0 Å². The molecule has 3 aromatic carbocycles. The van der Waals surface area contributed by atoms with Gasteiger partial charge in [0.25, 0.3) is 5.69 Å². The predicted molar refractivity (Wildman–Crippen MR) is 121 cm³/mol. The quantitative estimate of drug-likeness (QED) is 0.182. The van der Waals surface area contributed by atoms with Crippen molar-refractivity contribution in [3.8, 4) is 17.2 Å². The van der Waals surface area contributed by atoms with Crippen molar-refractivity contribution in [2.45, 2.75) is 13.5 Å². The molecule has 164 valence electrons. The highest BCUT2D eigenvalue weighted by atomic mass is 16.6. The zero-order valence-electron chi connectivity index (χ0n) is 17.8. The lowest BCUT2D eigenvalue weighted by molar-refractivity contribution is -0.384. The van der Waals surface area contributed by atoms with E-state index in [-0.39, 0.29) is 18.1 Å². The Morgan fingerprint density at radius 3 is 2.31 bits per heavy atom. The predicted octanol–water partition coefficient (Wildman–Crippen LogP) is 5.48. The van der Waals surface area contributed by atoms with Crippen LogP contribution in [0.25, 0.3) is 6.08 Å². The number of non-ortho nitro benzene ring substituents is 1. The minimum Gasteiger partial charge on any atom is -0.497 e. The third-order valence-electron chi connectivity index (χ3n) is 4.61. The summed E-state index contributed by atoms with van der Waals surface area (Å²) in [6.45, 7) is 2.56. The van der Waals surface area contributed by atoms with E-state index in [2.05, 4.69) is 0 Å². The summed E-state index contributed by atoms with van der Waals surface area (Å²) in [6.07, 6.45) is 3.22. The van der Waals surface area contributed by atoms with Crippen LogP contribution >= 0.6 is 0 Å². The van der Waals surface area contributed by atoms with Gasteiger partial charge in [0.05, 0.1) is 18.6 Å². The Hall–Kier alpha value is -4.13. The minimum absolute atomic E-state index is 0.0316. The van der Waals surface area contributed by atoms with Crippen molar-refractivity contribution < 1.29 is 23.9 Å². The normalized spacial score (nSPS) is 10.7. The molecule has 0 radical (unpaired) electrons. The number of ether oxygens (including phenoxy) is 3. The van der Waals surface area contributed by atoms with E-state index in [0.717, 1.165) is 11.1 Å². The average Bonchev–Trinajstić information content (AvgIpc) is 2.82. The summed E-state index contributed by atoms with van der Waals surface area (Å²) in [6, 6.07) is 18.5. The van der Waals surface area contributed by atoms with Gasteiger partial charge in [0.15, 0.2) is 17.3 Å². The topological polar surface area (TPSA) is 87.9 Å². The van der Waals surface area contributed by atoms with Gasteiger partial charge in [-0.1, -0.05) is 12.1 Å². The number of ketones is 1. The highest BCUT2D eigenvalue weighted by molar-refractivity contribution is 6.06. The zero-order valence-corrected chi connectivity index (χ0v) is 17.8.